The Bertz CT molecular complexity index is 738. The molecule has 0 saturated carbocycles. The van der Waals surface area contributed by atoms with Gasteiger partial charge in [-0.1, -0.05) is 11.3 Å². The Morgan fingerprint density at radius 1 is 1.30 bits per heavy atom. The van der Waals surface area contributed by atoms with Gasteiger partial charge in [-0.15, -0.1) is 10.2 Å². The Morgan fingerprint density at radius 2 is 2.04 bits per heavy atom. The molecule has 0 unspecified atom stereocenters. The number of amides is 1. The molecule has 148 valence electrons. The van der Waals surface area contributed by atoms with Crippen LogP contribution in [0.5, 0.6) is 0 Å². The summed E-state index contributed by atoms with van der Waals surface area (Å²) in [5.41, 5.74) is 2.30. The van der Waals surface area contributed by atoms with Crippen molar-refractivity contribution in [1.29, 1.82) is 0 Å². The van der Waals surface area contributed by atoms with E-state index in [1.807, 2.05) is 6.92 Å². The summed E-state index contributed by atoms with van der Waals surface area (Å²) in [6.45, 7) is 9.83. The molecule has 1 saturated heterocycles. The third-order valence-electron chi connectivity index (χ3n) is 4.90. The molecule has 27 heavy (non-hydrogen) atoms. The minimum absolute atomic E-state index is 0.00763. The highest BCUT2D eigenvalue weighted by Crippen LogP contribution is 2.29. The largest absolute Gasteiger partial charge is 0.382 e. The molecule has 3 rings (SSSR count). The summed E-state index contributed by atoms with van der Waals surface area (Å²) < 4.78 is 7.43. The van der Waals surface area contributed by atoms with Crippen LogP contribution in [0.25, 0.3) is 5.13 Å². The van der Waals surface area contributed by atoms with Gasteiger partial charge in [-0.2, -0.15) is 0 Å². The molecule has 2 aromatic heterocycles. The van der Waals surface area contributed by atoms with Gasteiger partial charge >= 0.3 is 0 Å². The van der Waals surface area contributed by atoms with Crippen molar-refractivity contribution in [2.24, 2.45) is 5.92 Å². The fourth-order valence-electron chi connectivity index (χ4n) is 3.44. The van der Waals surface area contributed by atoms with Crippen molar-refractivity contribution < 1.29 is 9.53 Å². The number of hydrogen-bond donors (Lipinski definition) is 1. The van der Waals surface area contributed by atoms with Gasteiger partial charge in [0.15, 0.2) is 0 Å². The summed E-state index contributed by atoms with van der Waals surface area (Å²) in [7, 11) is 0. The Balaban J connectivity index is 1.57. The van der Waals surface area contributed by atoms with Gasteiger partial charge in [-0.3, -0.25) is 9.36 Å². The van der Waals surface area contributed by atoms with Gasteiger partial charge < -0.3 is 15.0 Å². The number of aromatic nitrogens is 3. The predicted molar refractivity (Wildman–Crippen MR) is 108 cm³/mol. The zero-order chi connectivity index (χ0) is 19.2. The first kappa shape index (κ1) is 19.8. The molecule has 1 aliphatic rings. The van der Waals surface area contributed by atoms with Crippen LogP contribution in [0.4, 0.5) is 5.13 Å². The van der Waals surface area contributed by atoms with Crippen molar-refractivity contribution in [3.8, 4) is 5.13 Å². The number of aryl methyl sites for hydroxylation is 2. The van der Waals surface area contributed by atoms with Crippen LogP contribution < -0.4 is 10.2 Å². The van der Waals surface area contributed by atoms with Crippen molar-refractivity contribution in [1.82, 2.24) is 20.1 Å². The van der Waals surface area contributed by atoms with E-state index < -0.39 is 0 Å². The number of ether oxygens (including phenoxy) is 1. The van der Waals surface area contributed by atoms with Gasteiger partial charge in [0, 0.05) is 44.2 Å². The van der Waals surface area contributed by atoms with Crippen LogP contribution in [0.2, 0.25) is 0 Å². The predicted octanol–water partition coefficient (Wildman–Crippen LogP) is 2.70. The third-order valence-corrected chi connectivity index (χ3v) is 5.87. The maximum Gasteiger partial charge on any atom is 0.224 e. The summed E-state index contributed by atoms with van der Waals surface area (Å²) in [5, 5.41) is 13.6. The lowest BCUT2D eigenvalue weighted by molar-refractivity contribution is -0.125. The van der Waals surface area contributed by atoms with Crippen LogP contribution in [0.1, 0.15) is 37.6 Å². The van der Waals surface area contributed by atoms with E-state index >= 15 is 0 Å². The Hall–Kier alpha value is -1.93. The molecule has 0 radical (unpaired) electrons. The van der Waals surface area contributed by atoms with Crippen LogP contribution in [-0.4, -0.2) is 53.5 Å². The maximum atomic E-state index is 12.5. The van der Waals surface area contributed by atoms with Crippen molar-refractivity contribution >= 4 is 22.4 Å². The number of piperidine rings is 1. The Labute approximate surface area is 164 Å². The summed E-state index contributed by atoms with van der Waals surface area (Å²) >= 11 is 1.58. The number of hydrogen-bond acceptors (Lipinski definition) is 6. The topological polar surface area (TPSA) is 72.3 Å². The SMILES string of the molecule is CCOCCCNC(=O)[C@@H]1CCCN(c2nnc(-n3c(C)ccc3C)s2)C1. The van der Waals surface area contributed by atoms with Gasteiger partial charge in [0.25, 0.3) is 0 Å². The second-order valence-corrected chi connectivity index (χ2v) is 7.88. The summed E-state index contributed by atoms with van der Waals surface area (Å²) in [5.74, 6) is 0.145. The molecule has 0 aliphatic carbocycles. The number of carbonyl (C=O) groups excluding carboxylic acids is 1. The quantitative estimate of drug-likeness (QED) is 0.701. The molecule has 1 fully saturated rings. The number of nitrogens with one attached hydrogen (secondary N) is 1. The molecule has 1 aliphatic heterocycles. The molecule has 7 nitrogen and oxygen atoms in total. The molecule has 0 bridgehead atoms. The minimum atomic E-state index is 0.00763. The number of carbonyl (C=O) groups is 1. The first-order chi connectivity index (χ1) is 13.1. The maximum absolute atomic E-state index is 12.5. The van der Waals surface area contributed by atoms with Crippen LogP contribution in [0, 0.1) is 19.8 Å². The van der Waals surface area contributed by atoms with Gasteiger partial charge in [0.05, 0.1) is 5.92 Å². The van der Waals surface area contributed by atoms with E-state index in [0.29, 0.717) is 19.7 Å². The second-order valence-electron chi connectivity index (χ2n) is 6.95. The minimum Gasteiger partial charge on any atom is -0.382 e. The van der Waals surface area contributed by atoms with Crippen LogP contribution in [0.15, 0.2) is 12.1 Å². The van der Waals surface area contributed by atoms with Gasteiger partial charge in [0.1, 0.15) is 0 Å². The first-order valence-electron chi connectivity index (χ1n) is 9.69. The van der Waals surface area contributed by atoms with Crippen LogP contribution in [0.3, 0.4) is 0 Å². The fourth-order valence-corrected chi connectivity index (χ4v) is 4.44. The highest BCUT2D eigenvalue weighted by Gasteiger charge is 2.27. The van der Waals surface area contributed by atoms with Crippen molar-refractivity contribution in [3.05, 3.63) is 23.5 Å². The molecule has 2 aromatic rings. The molecule has 3 heterocycles. The standard InChI is InChI=1S/C19H29N5O2S/c1-4-26-12-6-10-20-17(25)16-7-5-11-23(13-16)18-21-22-19(27-18)24-14(2)8-9-15(24)3/h8-9,16H,4-7,10-13H2,1-3H3,(H,20,25)/t16-/m1/s1. The van der Waals surface area contributed by atoms with Crippen LogP contribution in [-0.2, 0) is 9.53 Å². The molecule has 8 heteroatoms. The van der Waals surface area contributed by atoms with Crippen molar-refractivity contribution in [2.45, 2.75) is 40.0 Å². The molecule has 0 spiro atoms. The van der Waals surface area contributed by atoms with E-state index in [2.05, 4.69) is 51.0 Å². The molecule has 1 atom stereocenters. The highest BCUT2D eigenvalue weighted by molar-refractivity contribution is 7.17. The van der Waals surface area contributed by atoms with E-state index in [9.17, 15) is 4.79 Å². The summed E-state index contributed by atoms with van der Waals surface area (Å²) in [6.07, 6.45) is 2.77. The van der Waals surface area contributed by atoms with Crippen LogP contribution >= 0.6 is 11.3 Å². The van der Waals surface area contributed by atoms with E-state index in [0.717, 1.165) is 54.1 Å². The van der Waals surface area contributed by atoms with E-state index in [1.54, 1.807) is 11.3 Å². The molecule has 1 N–H and O–H groups in total. The average molecular weight is 392 g/mol. The summed E-state index contributed by atoms with van der Waals surface area (Å²) in [4.78, 5) is 14.7. The van der Waals surface area contributed by atoms with E-state index in [4.69, 9.17) is 4.74 Å². The molecule has 0 aromatic carbocycles. The van der Waals surface area contributed by atoms with E-state index in [-0.39, 0.29) is 11.8 Å². The zero-order valence-corrected chi connectivity index (χ0v) is 17.2. The number of anilines is 1. The van der Waals surface area contributed by atoms with Gasteiger partial charge in [0.2, 0.25) is 16.2 Å². The van der Waals surface area contributed by atoms with Gasteiger partial charge in [-0.25, -0.2) is 0 Å². The second kappa shape index (κ2) is 9.32. The average Bonchev–Trinajstić information content (AvgIpc) is 3.28. The fraction of sp³-hybridized carbons (Fsp3) is 0.632. The zero-order valence-electron chi connectivity index (χ0n) is 16.4. The number of nitrogens with zero attached hydrogens (tertiary/aromatic N) is 4. The van der Waals surface area contributed by atoms with Gasteiger partial charge in [-0.05, 0) is 52.2 Å². The highest BCUT2D eigenvalue weighted by atomic mass is 32.1. The number of rotatable bonds is 8. The Kier molecular flexibility index (Phi) is 6.84. The lowest BCUT2D eigenvalue weighted by Crippen LogP contribution is -2.43. The molecular weight excluding hydrogens is 362 g/mol. The molecule has 1 amide bonds. The monoisotopic (exact) mass is 391 g/mol. The van der Waals surface area contributed by atoms with Crippen molar-refractivity contribution in [2.75, 3.05) is 37.7 Å². The third kappa shape index (κ3) is 4.87. The first-order valence-corrected chi connectivity index (χ1v) is 10.5. The summed E-state index contributed by atoms with van der Waals surface area (Å²) in [6, 6.07) is 4.17. The normalized spacial score (nSPS) is 17.3. The molecular formula is C19H29N5O2S. The smallest absolute Gasteiger partial charge is 0.224 e. The lowest BCUT2D eigenvalue weighted by Gasteiger charge is -2.31. The van der Waals surface area contributed by atoms with E-state index in [1.165, 1.54) is 0 Å². The Morgan fingerprint density at radius 3 is 2.78 bits per heavy atom. The van der Waals surface area contributed by atoms with Crippen molar-refractivity contribution in [3.63, 3.8) is 0 Å². The lowest BCUT2D eigenvalue weighted by atomic mass is 9.97.